The van der Waals surface area contributed by atoms with Crippen LogP contribution in [0.4, 0.5) is 0 Å². The van der Waals surface area contributed by atoms with E-state index in [0.717, 1.165) is 0 Å². The average Bonchev–Trinajstić information content (AvgIpc) is 2.28. The van der Waals surface area contributed by atoms with Crippen molar-refractivity contribution in [2.24, 2.45) is 10.3 Å². The summed E-state index contributed by atoms with van der Waals surface area (Å²) in [5.41, 5.74) is 0. The van der Waals surface area contributed by atoms with E-state index in [1.165, 1.54) is 25.5 Å². The largest absolute Gasteiger partial charge is 0.497 e. The van der Waals surface area contributed by atoms with E-state index in [2.05, 4.69) is 4.40 Å². The molecule has 1 rings (SSSR count). The van der Waals surface area contributed by atoms with Crippen molar-refractivity contribution in [2.75, 3.05) is 7.11 Å². The zero-order valence-electron chi connectivity index (χ0n) is 10.3. The van der Waals surface area contributed by atoms with Crippen LogP contribution in [0.25, 0.3) is 0 Å². The van der Waals surface area contributed by atoms with Crippen LogP contribution in [0, 0.1) is 5.92 Å². The summed E-state index contributed by atoms with van der Waals surface area (Å²) in [5, 5.41) is 0. The number of ether oxygens (including phenoxy) is 1. The summed E-state index contributed by atoms with van der Waals surface area (Å²) in [4.78, 5) is 0.179. The molecule has 0 spiro atoms. The van der Waals surface area contributed by atoms with Crippen molar-refractivity contribution in [3.05, 3.63) is 24.3 Å². The van der Waals surface area contributed by atoms with Gasteiger partial charge in [-0.05, 0) is 36.6 Å². The van der Waals surface area contributed by atoms with E-state index >= 15 is 0 Å². The van der Waals surface area contributed by atoms with Crippen molar-refractivity contribution in [3.8, 4) is 5.75 Å². The summed E-state index contributed by atoms with van der Waals surface area (Å²) < 4.78 is 32.1. The Morgan fingerprint density at radius 2 is 1.88 bits per heavy atom. The van der Waals surface area contributed by atoms with Crippen LogP contribution in [0.1, 0.15) is 20.3 Å². The molecule has 4 nitrogen and oxygen atoms in total. The summed E-state index contributed by atoms with van der Waals surface area (Å²) >= 11 is 0. The van der Waals surface area contributed by atoms with Gasteiger partial charge in [0.2, 0.25) is 0 Å². The summed E-state index contributed by atoms with van der Waals surface area (Å²) in [6.07, 6.45) is 2.10. The van der Waals surface area contributed by atoms with Crippen molar-refractivity contribution in [2.45, 2.75) is 25.2 Å². The van der Waals surface area contributed by atoms with Crippen molar-refractivity contribution >= 4 is 16.2 Å². The number of nitrogens with zero attached hydrogens (tertiary/aromatic N) is 1. The van der Waals surface area contributed by atoms with E-state index in [0.29, 0.717) is 18.1 Å². The fourth-order valence-corrected chi connectivity index (χ4v) is 2.04. The van der Waals surface area contributed by atoms with Gasteiger partial charge in [-0.15, -0.1) is 0 Å². The summed E-state index contributed by atoms with van der Waals surface area (Å²) in [6.45, 7) is 4.01. The molecule has 0 N–H and O–H groups in total. The SMILES string of the molecule is COc1ccc(S(=O)(=O)/N=C/CC(C)C)cc1. The van der Waals surface area contributed by atoms with Crippen LogP contribution in [0.3, 0.4) is 0 Å². The topological polar surface area (TPSA) is 55.7 Å². The van der Waals surface area contributed by atoms with E-state index < -0.39 is 10.0 Å². The lowest BCUT2D eigenvalue weighted by atomic mass is 10.2. The lowest BCUT2D eigenvalue weighted by Crippen LogP contribution is -1.98. The molecule has 17 heavy (non-hydrogen) atoms. The van der Waals surface area contributed by atoms with E-state index in [4.69, 9.17) is 4.74 Å². The van der Waals surface area contributed by atoms with E-state index in [1.807, 2.05) is 13.8 Å². The Balaban J connectivity index is 2.86. The molecule has 0 heterocycles. The van der Waals surface area contributed by atoms with Gasteiger partial charge in [0.25, 0.3) is 10.0 Å². The second kappa shape index (κ2) is 5.82. The first-order valence-electron chi connectivity index (χ1n) is 5.38. The molecule has 0 aromatic heterocycles. The van der Waals surface area contributed by atoms with E-state index in [-0.39, 0.29) is 4.90 Å². The van der Waals surface area contributed by atoms with Gasteiger partial charge >= 0.3 is 0 Å². The minimum atomic E-state index is -3.57. The van der Waals surface area contributed by atoms with Gasteiger partial charge in [-0.3, -0.25) is 0 Å². The number of benzene rings is 1. The van der Waals surface area contributed by atoms with Gasteiger partial charge in [-0.1, -0.05) is 13.8 Å². The molecule has 0 aliphatic heterocycles. The highest BCUT2D eigenvalue weighted by Crippen LogP contribution is 2.17. The lowest BCUT2D eigenvalue weighted by molar-refractivity contribution is 0.414. The molecule has 0 fully saturated rings. The molecule has 0 amide bonds. The molecule has 1 aromatic rings. The zero-order valence-corrected chi connectivity index (χ0v) is 11.1. The minimum absolute atomic E-state index is 0.179. The molecule has 0 aliphatic rings. The highest BCUT2D eigenvalue weighted by molar-refractivity contribution is 7.90. The quantitative estimate of drug-likeness (QED) is 0.760. The van der Waals surface area contributed by atoms with Crippen molar-refractivity contribution in [1.82, 2.24) is 0 Å². The van der Waals surface area contributed by atoms with Crippen LogP contribution in [0.2, 0.25) is 0 Å². The van der Waals surface area contributed by atoms with Gasteiger partial charge in [0.05, 0.1) is 12.0 Å². The molecule has 0 unspecified atom stereocenters. The van der Waals surface area contributed by atoms with Gasteiger partial charge in [0.1, 0.15) is 5.75 Å². The lowest BCUT2D eigenvalue weighted by Gasteiger charge is -2.02. The highest BCUT2D eigenvalue weighted by Gasteiger charge is 2.11. The van der Waals surface area contributed by atoms with Crippen molar-refractivity contribution in [1.29, 1.82) is 0 Å². The Morgan fingerprint density at radius 3 is 2.35 bits per heavy atom. The normalized spacial score (nSPS) is 12.2. The first-order chi connectivity index (χ1) is 7.95. The Hall–Kier alpha value is -1.36. The fourth-order valence-electron chi connectivity index (χ4n) is 1.16. The third-order valence-electron chi connectivity index (χ3n) is 2.15. The smallest absolute Gasteiger partial charge is 0.281 e. The van der Waals surface area contributed by atoms with Crippen molar-refractivity contribution in [3.63, 3.8) is 0 Å². The van der Waals surface area contributed by atoms with Gasteiger partial charge in [-0.25, -0.2) is 0 Å². The van der Waals surface area contributed by atoms with Gasteiger partial charge in [-0.2, -0.15) is 12.8 Å². The number of sulfonamides is 1. The third kappa shape index (κ3) is 4.19. The van der Waals surface area contributed by atoms with E-state index in [9.17, 15) is 8.42 Å². The summed E-state index contributed by atoms with van der Waals surface area (Å²) in [5.74, 6) is 1.01. The molecule has 0 saturated carbocycles. The maximum absolute atomic E-state index is 11.8. The Labute approximate surface area is 102 Å². The molecule has 0 atom stereocenters. The Kier molecular flexibility index (Phi) is 4.69. The van der Waals surface area contributed by atoms with Crippen LogP contribution < -0.4 is 4.74 Å². The number of rotatable bonds is 5. The van der Waals surface area contributed by atoms with Gasteiger partial charge < -0.3 is 4.74 Å². The molecule has 0 radical (unpaired) electrons. The van der Waals surface area contributed by atoms with E-state index in [1.54, 1.807) is 12.1 Å². The van der Waals surface area contributed by atoms with Crippen LogP contribution in [0.5, 0.6) is 5.75 Å². The van der Waals surface area contributed by atoms with Gasteiger partial charge in [0.15, 0.2) is 0 Å². The summed E-state index contributed by atoms with van der Waals surface area (Å²) in [6, 6.07) is 6.18. The first-order valence-corrected chi connectivity index (χ1v) is 6.82. The van der Waals surface area contributed by atoms with Crippen LogP contribution >= 0.6 is 0 Å². The minimum Gasteiger partial charge on any atom is -0.497 e. The molecule has 0 aliphatic carbocycles. The van der Waals surface area contributed by atoms with Crippen LogP contribution in [0.15, 0.2) is 33.6 Å². The number of methoxy groups -OCH3 is 1. The zero-order chi connectivity index (χ0) is 12.9. The Morgan fingerprint density at radius 1 is 1.29 bits per heavy atom. The predicted octanol–water partition coefficient (Wildman–Crippen LogP) is 2.50. The molecule has 5 heteroatoms. The number of hydrogen-bond donors (Lipinski definition) is 0. The van der Waals surface area contributed by atoms with Crippen LogP contribution in [-0.4, -0.2) is 21.7 Å². The molecular weight excluding hydrogens is 238 g/mol. The molecule has 94 valence electrons. The fraction of sp³-hybridized carbons (Fsp3) is 0.417. The van der Waals surface area contributed by atoms with Crippen LogP contribution in [-0.2, 0) is 10.0 Å². The number of hydrogen-bond acceptors (Lipinski definition) is 3. The Bertz CT molecular complexity index is 475. The molecule has 0 saturated heterocycles. The second-order valence-corrected chi connectivity index (χ2v) is 5.70. The molecule has 1 aromatic carbocycles. The maximum atomic E-state index is 11.8. The second-order valence-electron chi connectivity index (χ2n) is 4.07. The monoisotopic (exact) mass is 255 g/mol. The average molecular weight is 255 g/mol. The predicted molar refractivity (Wildman–Crippen MR) is 68.1 cm³/mol. The standard InChI is InChI=1S/C12H17NO3S/c1-10(2)8-9-13-17(14,15)12-6-4-11(16-3)5-7-12/h4-7,9-10H,8H2,1-3H3/b13-9+. The first kappa shape index (κ1) is 13.7. The molecular formula is C12H17NO3S. The van der Waals surface area contributed by atoms with Gasteiger partial charge in [0, 0.05) is 6.21 Å². The summed E-state index contributed by atoms with van der Waals surface area (Å²) in [7, 11) is -2.03. The highest BCUT2D eigenvalue weighted by atomic mass is 32.2. The molecule has 0 bridgehead atoms. The third-order valence-corrected chi connectivity index (χ3v) is 3.44. The van der Waals surface area contributed by atoms with Crippen molar-refractivity contribution < 1.29 is 13.2 Å². The maximum Gasteiger partial charge on any atom is 0.281 e.